The molecule has 7 heteroatoms. The van der Waals surface area contributed by atoms with E-state index >= 15 is 0 Å². The summed E-state index contributed by atoms with van der Waals surface area (Å²) < 4.78 is 18.9. The normalized spacial score (nSPS) is 21.4. The number of aromatic nitrogens is 2. The third kappa shape index (κ3) is 4.74. The molecule has 0 radical (unpaired) electrons. The third-order valence-corrected chi connectivity index (χ3v) is 6.01. The van der Waals surface area contributed by atoms with Gasteiger partial charge in [-0.15, -0.1) is 11.3 Å². The number of nitrogens with one attached hydrogen (secondary N) is 1. The number of rotatable bonds is 6. The van der Waals surface area contributed by atoms with Gasteiger partial charge in [-0.25, -0.2) is 14.4 Å². The number of piperidine rings is 1. The molecule has 1 saturated heterocycles. The van der Waals surface area contributed by atoms with Gasteiger partial charge in [-0.3, -0.25) is 4.79 Å². The van der Waals surface area contributed by atoms with E-state index in [1.807, 2.05) is 30.5 Å². The van der Waals surface area contributed by atoms with Gasteiger partial charge < -0.3 is 10.1 Å². The fraction of sp³-hybridized carbons (Fsp3) is 0.348. The number of aryl methyl sites for hydroxylation is 1. The molecular weight excluding hydrogens is 401 g/mol. The van der Waals surface area contributed by atoms with Crippen molar-refractivity contribution >= 4 is 17.1 Å². The van der Waals surface area contributed by atoms with E-state index in [2.05, 4.69) is 22.2 Å². The summed E-state index contributed by atoms with van der Waals surface area (Å²) in [5.41, 5.74) is 5.32. The largest absolute Gasteiger partial charge is 0.477 e. The maximum atomic E-state index is 13.5. The number of carbonyl (C=O) groups excluding carboxylic acids is 1. The highest BCUT2D eigenvalue weighted by Crippen LogP contribution is 2.27. The summed E-state index contributed by atoms with van der Waals surface area (Å²) in [5.74, 6) is 0.0210. The first-order valence-corrected chi connectivity index (χ1v) is 11.0. The van der Waals surface area contributed by atoms with E-state index < -0.39 is 5.82 Å². The fourth-order valence-corrected chi connectivity index (χ4v) is 4.44. The monoisotopic (exact) mass is 425 g/mol. The van der Waals surface area contributed by atoms with Crippen LogP contribution >= 0.6 is 11.3 Å². The van der Waals surface area contributed by atoms with Gasteiger partial charge in [-0.1, -0.05) is 0 Å². The number of ether oxygens (including phenoxy) is 1. The second kappa shape index (κ2) is 9.02. The van der Waals surface area contributed by atoms with Crippen molar-refractivity contribution in [2.45, 2.75) is 38.8 Å². The number of ketones is 1. The molecule has 0 bridgehead atoms. The van der Waals surface area contributed by atoms with Crippen molar-refractivity contribution in [3.63, 3.8) is 0 Å². The van der Waals surface area contributed by atoms with Crippen LogP contribution in [0.4, 0.5) is 4.39 Å². The SMILES string of the molecule is Cc1cc(C(=O)C2NC(C)CCC2COc2ccc(F)cn2)cc(-c2cscn2)c1. The molecule has 3 aromatic rings. The van der Waals surface area contributed by atoms with E-state index in [1.54, 1.807) is 5.51 Å². The van der Waals surface area contributed by atoms with Crippen molar-refractivity contribution in [3.8, 4) is 17.1 Å². The molecule has 0 aliphatic carbocycles. The molecule has 1 aromatic carbocycles. The highest BCUT2D eigenvalue weighted by atomic mass is 32.1. The number of halogens is 1. The molecule has 156 valence electrons. The van der Waals surface area contributed by atoms with Gasteiger partial charge in [-0.2, -0.15) is 0 Å². The van der Waals surface area contributed by atoms with Crippen LogP contribution in [0.2, 0.25) is 0 Å². The summed E-state index contributed by atoms with van der Waals surface area (Å²) in [6.07, 6.45) is 2.97. The predicted molar refractivity (Wildman–Crippen MR) is 115 cm³/mol. The van der Waals surface area contributed by atoms with Crippen LogP contribution in [0.15, 0.2) is 47.4 Å². The van der Waals surface area contributed by atoms with Crippen LogP contribution in [-0.4, -0.2) is 34.4 Å². The van der Waals surface area contributed by atoms with Crippen molar-refractivity contribution in [2.24, 2.45) is 5.92 Å². The van der Waals surface area contributed by atoms with Crippen molar-refractivity contribution in [1.82, 2.24) is 15.3 Å². The van der Waals surface area contributed by atoms with E-state index in [4.69, 9.17) is 4.74 Å². The third-order valence-electron chi connectivity index (χ3n) is 5.42. The van der Waals surface area contributed by atoms with Gasteiger partial charge in [0, 0.05) is 34.5 Å². The average Bonchev–Trinajstić information content (AvgIpc) is 3.28. The minimum absolute atomic E-state index is 0.00351. The molecule has 0 amide bonds. The van der Waals surface area contributed by atoms with Gasteiger partial charge in [0.15, 0.2) is 5.78 Å². The Morgan fingerprint density at radius 2 is 2.13 bits per heavy atom. The van der Waals surface area contributed by atoms with E-state index in [9.17, 15) is 9.18 Å². The zero-order chi connectivity index (χ0) is 21.1. The standard InChI is InChI=1S/C23H24FN3O2S/c1-14-7-17(20-12-30-13-26-20)9-18(8-14)23(28)22-16(4-3-15(2)27-22)11-29-21-6-5-19(24)10-25-21/h5-10,12-13,15-16,22,27H,3-4,11H2,1-2H3. The molecule has 0 spiro atoms. The minimum Gasteiger partial charge on any atom is -0.477 e. The second-order valence-corrected chi connectivity index (χ2v) is 8.55. The average molecular weight is 426 g/mol. The minimum atomic E-state index is -0.404. The molecule has 1 fully saturated rings. The topological polar surface area (TPSA) is 64.1 Å². The lowest BCUT2D eigenvalue weighted by Gasteiger charge is -2.35. The smallest absolute Gasteiger partial charge is 0.213 e. The molecule has 3 unspecified atom stereocenters. The van der Waals surface area contributed by atoms with Crippen molar-refractivity contribution in [3.05, 3.63) is 64.4 Å². The van der Waals surface area contributed by atoms with Crippen molar-refractivity contribution < 1.29 is 13.9 Å². The molecule has 0 saturated carbocycles. The van der Waals surface area contributed by atoms with Crippen LogP contribution in [0.3, 0.4) is 0 Å². The predicted octanol–water partition coefficient (Wildman–Crippen LogP) is 4.67. The lowest BCUT2D eigenvalue weighted by atomic mass is 9.83. The summed E-state index contributed by atoms with van der Waals surface area (Å²) >= 11 is 1.53. The Morgan fingerprint density at radius 3 is 2.87 bits per heavy atom. The maximum absolute atomic E-state index is 13.5. The summed E-state index contributed by atoms with van der Waals surface area (Å²) in [6, 6.07) is 8.62. The number of Topliss-reactive ketones (excluding diaryl/α,β-unsaturated/α-hetero) is 1. The first-order chi connectivity index (χ1) is 14.5. The van der Waals surface area contributed by atoms with Crippen LogP contribution in [-0.2, 0) is 0 Å². The van der Waals surface area contributed by atoms with Crippen LogP contribution in [0.5, 0.6) is 5.88 Å². The van der Waals surface area contributed by atoms with Gasteiger partial charge in [0.2, 0.25) is 5.88 Å². The van der Waals surface area contributed by atoms with Gasteiger partial charge >= 0.3 is 0 Å². The number of pyridine rings is 1. The molecule has 2 aromatic heterocycles. The molecule has 4 rings (SSSR count). The van der Waals surface area contributed by atoms with Gasteiger partial charge in [0.1, 0.15) is 5.82 Å². The maximum Gasteiger partial charge on any atom is 0.213 e. The first-order valence-electron chi connectivity index (χ1n) is 10.0. The number of nitrogens with zero attached hydrogens (tertiary/aromatic N) is 2. The molecule has 1 aliphatic heterocycles. The summed E-state index contributed by atoms with van der Waals surface area (Å²) in [7, 11) is 0. The zero-order valence-corrected chi connectivity index (χ0v) is 17.8. The van der Waals surface area contributed by atoms with Gasteiger partial charge in [0.25, 0.3) is 0 Å². The number of thiazole rings is 1. The summed E-state index contributed by atoms with van der Waals surface area (Å²) in [4.78, 5) is 21.8. The molecule has 3 atom stereocenters. The van der Waals surface area contributed by atoms with E-state index in [0.29, 0.717) is 18.1 Å². The Morgan fingerprint density at radius 1 is 1.27 bits per heavy atom. The van der Waals surface area contributed by atoms with Crippen LogP contribution < -0.4 is 10.1 Å². The number of hydrogen-bond donors (Lipinski definition) is 1. The number of benzene rings is 1. The summed E-state index contributed by atoms with van der Waals surface area (Å²) in [5, 5.41) is 5.44. The van der Waals surface area contributed by atoms with E-state index in [1.165, 1.54) is 23.5 Å². The van der Waals surface area contributed by atoms with Crippen molar-refractivity contribution in [2.75, 3.05) is 6.61 Å². The molecule has 30 heavy (non-hydrogen) atoms. The fourth-order valence-electron chi connectivity index (χ4n) is 3.87. The molecule has 3 heterocycles. The second-order valence-electron chi connectivity index (χ2n) is 7.83. The van der Waals surface area contributed by atoms with E-state index in [-0.39, 0.29) is 23.8 Å². The molecule has 5 nitrogen and oxygen atoms in total. The lowest BCUT2D eigenvalue weighted by molar-refractivity contribution is 0.0803. The quantitative estimate of drug-likeness (QED) is 0.582. The number of hydrogen-bond acceptors (Lipinski definition) is 6. The van der Waals surface area contributed by atoms with Crippen LogP contribution in [0.25, 0.3) is 11.3 Å². The van der Waals surface area contributed by atoms with Crippen LogP contribution in [0.1, 0.15) is 35.7 Å². The highest BCUT2D eigenvalue weighted by Gasteiger charge is 2.34. The van der Waals surface area contributed by atoms with Gasteiger partial charge in [-0.05, 0) is 56.5 Å². The van der Waals surface area contributed by atoms with Crippen molar-refractivity contribution in [1.29, 1.82) is 0 Å². The Balaban J connectivity index is 1.54. The lowest BCUT2D eigenvalue weighted by Crippen LogP contribution is -2.52. The molecular formula is C23H24FN3O2S. The Hall–Kier alpha value is -2.64. The Bertz CT molecular complexity index is 1010. The molecule has 1 aliphatic rings. The van der Waals surface area contributed by atoms with Gasteiger partial charge in [0.05, 0.1) is 30.1 Å². The molecule has 1 N–H and O–H groups in total. The highest BCUT2D eigenvalue weighted by molar-refractivity contribution is 7.07. The first kappa shape index (κ1) is 20.6. The van der Waals surface area contributed by atoms with Crippen LogP contribution in [0, 0.1) is 18.7 Å². The Kier molecular flexibility index (Phi) is 6.20. The summed E-state index contributed by atoms with van der Waals surface area (Å²) in [6.45, 7) is 4.43. The number of carbonyl (C=O) groups is 1. The Labute approximate surface area is 179 Å². The van der Waals surface area contributed by atoms with E-state index in [0.717, 1.165) is 35.9 Å². The zero-order valence-electron chi connectivity index (χ0n) is 17.0.